The second-order valence-corrected chi connectivity index (χ2v) is 4.23. The minimum absolute atomic E-state index is 0.719. The van der Waals surface area contributed by atoms with Gasteiger partial charge in [-0.25, -0.2) is 0 Å². The first-order chi connectivity index (χ1) is 5.16. The van der Waals surface area contributed by atoms with E-state index in [1.165, 1.54) is 12.8 Å². The predicted octanol–water partition coefficient (Wildman–Crippen LogP) is 2.28. The van der Waals surface area contributed by atoms with Gasteiger partial charge in [-0.15, -0.1) is 0 Å². The van der Waals surface area contributed by atoms with E-state index in [2.05, 4.69) is 33.1 Å². The Balaban J connectivity index is 2.36. The fourth-order valence-electron chi connectivity index (χ4n) is 2.21. The zero-order valence-electron chi connectivity index (χ0n) is 8.22. The van der Waals surface area contributed by atoms with Crippen molar-refractivity contribution in [3.8, 4) is 0 Å². The lowest BCUT2D eigenvalue weighted by Gasteiger charge is -2.43. The fourth-order valence-corrected chi connectivity index (χ4v) is 2.21. The molecular formula is C10H21N. The maximum absolute atomic E-state index is 3.35. The van der Waals surface area contributed by atoms with Gasteiger partial charge in [-0.3, -0.25) is 0 Å². The minimum atomic E-state index is 0.719. The quantitative estimate of drug-likeness (QED) is 0.659. The van der Waals surface area contributed by atoms with Gasteiger partial charge in [0.25, 0.3) is 0 Å². The van der Waals surface area contributed by atoms with Crippen molar-refractivity contribution in [3.05, 3.63) is 0 Å². The highest BCUT2D eigenvalue weighted by atomic mass is 14.9. The first kappa shape index (κ1) is 9.05. The summed E-state index contributed by atoms with van der Waals surface area (Å²) in [4.78, 5) is 0. The van der Waals surface area contributed by atoms with Crippen LogP contribution in [0.2, 0.25) is 0 Å². The van der Waals surface area contributed by atoms with Gasteiger partial charge in [-0.1, -0.05) is 13.8 Å². The molecule has 11 heavy (non-hydrogen) atoms. The van der Waals surface area contributed by atoms with Crippen LogP contribution in [0.25, 0.3) is 0 Å². The highest BCUT2D eigenvalue weighted by Crippen LogP contribution is 2.41. The molecule has 0 radical (unpaired) electrons. The minimum Gasteiger partial charge on any atom is -0.317 e. The number of rotatable bonds is 3. The molecule has 0 bridgehead atoms. The average molecular weight is 155 g/mol. The normalized spacial score (nSPS) is 33.5. The fraction of sp³-hybridized carbons (Fsp3) is 1.00. The molecule has 3 atom stereocenters. The number of hydrogen-bond acceptors (Lipinski definition) is 1. The maximum atomic E-state index is 3.35. The highest BCUT2D eigenvalue weighted by molar-refractivity contribution is 4.88. The van der Waals surface area contributed by atoms with Crippen LogP contribution in [0.15, 0.2) is 0 Å². The van der Waals surface area contributed by atoms with Crippen molar-refractivity contribution in [1.29, 1.82) is 0 Å². The molecule has 1 aliphatic carbocycles. The van der Waals surface area contributed by atoms with Crippen molar-refractivity contribution in [1.82, 2.24) is 5.32 Å². The first-order valence-electron chi connectivity index (χ1n) is 4.84. The molecule has 0 spiro atoms. The summed E-state index contributed by atoms with van der Waals surface area (Å²) in [5.74, 6) is 2.81. The standard InChI is InChI=1S/C10H21N/c1-7(2)9-5-6-10(9)8(3)11-4/h7-11H,5-6H2,1-4H3. The Hall–Kier alpha value is -0.0400. The number of nitrogens with one attached hydrogen (secondary N) is 1. The van der Waals surface area contributed by atoms with Gasteiger partial charge in [-0.05, 0) is 44.6 Å². The first-order valence-corrected chi connectivity index (χ1v) is 4.84. The van der Waals surface area contributed by atoms with Crippen molar-refractivity contribution >= 4 is 0 Å². The molecule has 0 aromatic rings. The van der Waals surface area contributed by atoms with Crippen LogP contribution in [0, 0.1) is 17.8 Å². The molecule has 0 saturated heterocycles. The van der Waals surface area contributed by atoms with Crippen LogP contribution < -0.4 is 5.32 Å². The number of hydrogen-bond donors (Lipinski definition) is 1. The van der Waals surface area contributed by atoms with E-state index in [4.69, 9.17) is 0 Å². The Bertz CT molecular complexity index is 120. The Morgan fingerprint density at radius 3 is 1.91 bits per heavy atom. The third-order valence-corrected chi connectivity index (χ3v) is 3.34. The molecule has 1 rings (SSSR count). The van der Waals surface area contributed by atoms with Crippen LogP contribution >= 0.6 is 0 Å². The summed E-state index contributed by atoms with van der Waals surface area (Å²) in [5, 5.41) is 3.35. The molecule has 0 amide bonds. The molecule has 0 aromatic carbocycles. The van der Waals surface area contributed by atoms with Crippen molar-refractivity contribution < 1.29 is 0 Å². The van der Waals surface area contributed by atoms with Gasteiger partial charge in [0.05, 0.1) is 0 Å². The summed E-state index contributed by atoms with van der Waals surface area (Å²) < 4.78 is 0. The van der Waals surface area contributed by atoms with Crippen molar-refractivity contribution in [2.75, 3.05) is 7.05 Å². The largest absolute Gasteiger partial charge is 0.317 e. The van der Waals surface area contributed by atoms with Gasteiger partial charge in [0, 0.05) is 6.04 Å². The summed E-state index contributed by atoms with van der Waals surface area (Å²) >= 11 is 0. The molecule has 0 heterocycles. The summed E-state index contributed by atoms with van der Waals surface area (Å²) in [6, 6.07) is 0.719. The SMILES string of the molecule is CNC(C)C1CCC1C(C)C. The molecule has 1 nitrogen and oxygen atoms in total. The Labute approximate surface area is 70.6 Å². The third-order valence-electron chi connectivity index (χ3n) is 3.34. The van der Waals surface area contributed by atoms with Crippen molar-refractivity contribution in [3.63, 3.8) is 0 Å². The van der Waals surface area contributed by atoms with Gasteiger partial charge in [0.15, 0.2) is 0 Å². The topological polar surface area (TPSA) is 12.0 Å². The molecule has 1 aliphatic rings. The van der Waals surface area contributed by atoms with Crippen molar-refractivity contribution in [2.24, 2.45) is 17.8 Å². The predicted molar refractivity (Wildman–Crippen MR) is 49.6 cm³/mol. The van der Waals surface area contributed by atoms with Gasteiger partial charge >= 0.3 is 0 Å². The Morgan fingerprint density at radius 2 is 1.64 bits per heavy atom. The maximum Gasteiger partial charge on any atom is 0.00667 e. The van der Waals surface area contributed by atoms with Gasteiger partial charge in [-0.2, -0.15) is 0 Å². The van der Waals surface area contributed by atoms with Crippen LogP contribution in [0.4, 0.5) is 0 Å². The van der Waals surface area contributed by atoms with E-state index in [9.17, 15) is 0 Å². The van der Waals surface area contributed by atoms with Gasteiger partial charge in [0.1, 0.15) is 0 Å². The van der Waals surface area contributed by atoms with Crippen LogP contribution in [-0.2, 0) is 0 Å². The van der Waals surface area contributed by atoms with E-state index in [-0.39, 0.29) is 0 Å². The van der Waals surface area contributed by atoms with Crippen LogP contribution in [0.3, 0.4) is 0 Å². The second-order valence-electron chi connectivity index (χ2n) is 4.23. The molecular weight excluding hydrogens is 134 g/mol. The molecule has 1 N–H and O–H groups in total. The lowest BCUT2D eigenvalue weighted by Crippen LogP contribution is -2.43. The molecule has 1 fully saturated rings. The van der Waals surface area contributed by atoms with E-state index < -0.39 is 0 Å². The molecule has 3 unspecified atom stereocenters. The van der Waals surface area contributed by atoms with Crippen LogP contribution in [-0.4, -0.2) is 13.1 Å². The van der Waals surface area contributed by atoms with E-state index >= 15 is 0 Å². The Morgan fingerprint density at radius 1 is 1.09 bits per heavy atom. The van der Waals surface area contributed by atoms with Gasteiger partial charge < -0.3 is 5.32 Å². The van der Waals surface area contributed by atoms with E-state index in [0.29, 0.717) is 0 Å². The van der Waals surface area contributed by atoms with E-state index in [0.717, 1.165) is 23.8 Å². The van der Waals surface area contributed by atoms with E-state index in [1.807, 2.05) is 0 Å². The van der Waals surface area contributed by atoms with Crippen LogP contribution in [0.5, 0.6) is 0 Å². The smallest absolute Gasteiger partial charge is 0.00667 e. The summed E-state index contributed by atoms with van der Waals surface area (Å²) in [7, 11) is 2.07. The zero-order chi connectivity index (χ0) is 8.43. The molecule has 1 saturated carbocycles. The van der Waals surface area contributed by atoms with Crippen molar-refractivity contribution in [2.45, 2.75) is 39.7 Å². The Kier molecular flexibility index (Phi) is 2.94. The molecule has 66 valence electrons. The monoisotopic (exact) mass is 155 g/mol. The summed E-state index contributed by atoms with van der Waals surface area (Å²) in [5.41, 5.74) is 0. The second kappa shape index (κ2) is 3.57. The molecule has 0 aliphatic heterocycles. The average Bonchev–Trinajstić information content (AvgIpc) is 1.83. The van der Waals surface area contributed by atoms with Gasteiger partial charge in [0.2, 0.25) is 0 Å². The lowest BCUT2D eigenvalue weighted by atomic mass is 9.65. The molecule has 1 heteroatoms. The summed E-state index contributed by atoms with van der Waals surface area (Å²) in [6.45, 7) is 7.00. The lowest BCUT2D eigenvalue weighted by molar-refractivity contribution is 0.0914. The molecule has 0 aromatic heterocycles. The van der Waals surface area contributed by atoms with E-state index in [1.54, 1.807) is 0 Å². The van der Waals surface area contributed by atoms with Crippen LogP contribution in [0.1, 0.15) is 33.6 Å². The third kappa shape index (κ3) is 1.76. The summed E-state index contributed by atoms with van der Waals surface area (Å²) in [6.07, 6.45) is 2.89. The highest BCUT2D eigenvalue weighted by Gasteiger charge is 2.35. The zero-order valence-corrected chi connectivity index (χ0v) is 8.22.